The molecule has 1 amide bonds. The monoisotopic (exact) mass is 308 g/mol. The highest BCUT2D eigenvalue weighted by Crippen LogP contribution is 2.50. The number of benzene rings is 2. The molecule has 0 aliphatic heterocycles. The van der Waals surface area contributed by atoms with Crippen molar-refractivity contribution in [3.05, 3.63) is 36.4 Å². The van der Waals surface area contributed by atoms with Gasteiger partial charge in [0.1, 0.15) is 0 Å². The van der Waals surface area contributed by atoms with Crippen LogP contribution in [0.3, 0.4) is 0 Å². The van der Waals surface area contributed by atoms with Gasteiger partial charge in [0.2, 0.25) is 5.91 Å². The van der Waals surface area contributed by atoms with E-state index >= 15 is 0 Å². The van der Waals surface area contributed by atoms with Gasteiger partial charge in [-0.1, -0.05) is 68.5 Å². The van der Waals surface area contributed by atoms with Gasteiger partial charge in [-0.25, -0.2) is 4.98 Å². The van der Waals surface area contributed by atoms with Crippen LogP contribution in [-0.4, -0.2) is 10.9 Å². The van der Waals surface area contributed by atoms with Crippen molar-refractivity contribution in [3.8, 4) is 21.7 Å². The van der Waals surface area contributed by atoms with Gasteiger partial charge in [0.15, 0.2) is 5.13 Å². The Morgan fingerprint density at radius 2 is 1.77 bits per heavy atom. The molecule has 3 nitrogen and oxygen atoms in total. The smallest absolute Gasteiger partial charge is 0.231 e. The Hall–Kier alpha value is -2.20. The molecule has 0 unspecified atom stereocenters. The Labute approximate surface area is 133 Å². The van der Waals surface area contributed by atoms with Crippen LogP contribution in [0.15, 0.2) is 36.4 Å². The summed E-state index contributed by atoms with van der Waals surface area (Å²) in [6.07, 6.45) is 0. The lowest BCUT2D eigenvalue weighted by Crippen LogP contribution is -2.27. The maximum absolute atomic E-state index is 12.2. The molecule has 0 bridgehead atoms. The topological polar surface area (TPSA) is 42.0 Å². The first-order valence-electron chi connectivity index (χ1n) is 7.30. The molecule has 110 valence electrons. The minimum absolute atomic E-state index is 0.00795. The molecule has 2 aromatic carbocycles. The highest BCUT2D eigenvalue weighted by Gasteiger charge is 2.27. The number of amides is 1. The van der Waals surface area contributed by atoms with Crippen LogP contribution < -0.4 is 5.32 Å². The van der Waals surface area contributed by atoms with E-state index in [9.17, 15) is 4.79 Å². The summed E-state index contributed by atoms with van der Waals surface area (Å²) in [4.78, 5) is 18.0. The molecule has 4 heteroatoms. The number of hydrogen-bond donors (Lipinski definition) is 1. The number of anilines is 1. The van der Waals surface area contributed by atoms with Crippen molar-refractivity contribution in [2.24, 2.45) is 5.41 Å². The number of nitrogens with one attached hydrogen (secondary N) is 1. The Balaban J connectivity index is 1.82. The van der Waals surface area contributed by atoms with E-state index in [1.54, 1.807) is 11.3 Å². The van der Waals surface area contributed by atoms with Gasteiger partial charge in [-0.2, -0.15) is 0 Å². The fourth-order valence-electron chi connectivity index (χ4n) is 2.75. The highest BCUT2D eigenvalue weighted by molar-refractivity contribution is 7.20. The zero-order valence-corrected chi connectivity index (χ0v) is 13.5. The minimum atomic E-state index is -0.423. The molecule has 22 heavy (non-hydrogen) atoms. The van der Waals surface area contributed by atoms with Crippen molar-refractivity contribution in [1.82, 2.24) is 4.98 Å². The normalized spacial score (nSPS) is 12.5. The average Bonchev–Trinajstić information content (AvgIpc) is 2.99. The summed E-state index contributed by atoms with van der Waals surface area (Å²) in [6.45, 7) is 5.71. The third-order valence-electron chi connectivity index (χ3n) is 3.93. The average molecular weight is 308 g/mol. The molecule has 0 spiro atoms. The summed E-state index contributed by atoms with van der Waals surface area (Å²) < 4.78 is 0. The number of fused-ring (bicyclic) bond motifs is 3. The molecule has 1 heterocycles. The van der Waals surface area contributed by atoms with Crippen molar-refractivity contribution in [2.45, 2.75) is 20.8 Å². The Bertz CT molecular complexity index is 862. The molecule has 3 aromatic rings. The number of aromatic nitrogens is 1. The number of hydrogen-bond acceptors (Lipinski definition) is 3. The number of carbonyl (C=O) groups is 1. The van der Waals surface area contributed by atoms with E-state index in [4.69, 9.17) is 0 Å². The molecule has 1 aliphatic rings. The van der Waals surface area contributed by atoms with E-state index in [1.165, 1.54) is 16.3 Å². The molecule has 1 aromatic heterocycles. The number of thiazole rings is 1. The van der Waals surface area contributed by atoms with E-state index < -0.39 is 5.41 Å². The number of nitrogens with zero attached hydrogens (tertiary/aromatic N) is 1. The molecule has 0 radical (unpaired) electrons. The summed E-state index contributed by atoms with van der Waals surface area (Å²) in [5.41, 5.74) is 2.95. The molecule has 1 N–H and O–H groups in total. The quantitative estimate of drug-likeness (QED) is 0.542. The van der Waals surface area contributed by atoms with Crippen molar-refractivity contribution >= 4 is 33.1 Å². The zero-order chi connectivity index (χ0) is 15.5. The molecule has 0 atom stereocenters. The van der Waals surface area contributed by atoms with Crippen molar-refractivity contribution < 1.29 is 4.79 Å². The van der Waals surface area contributed by atoms with Crippen LogP contribution in [0, 0.1) is 5.41 Å². The predicted octanol–water partition coefficient (Wildman–Crippen LogP) is 4.93. The largest absolute Gasteiger partial charge is 0.301 e. The first-order chi connectivity index (χ1) is 10.4. The van der Waals surface area contributed by atoms with Gasteiger partial charge in [0.05, 0.1) is 10.6 Å². The fraction of sp³-hybridized carbons (Fsp3) is 0.222. The summed E-state index contributed by atoms with van der Waals surface area (Å²) >= 11 is 1.55. The molecule has 4 rings (SSSR count). The molecule has 0 saturated carbocycles. The number of rotatable bonds is 1. The Morgan fingerprint density at radius 1 is 1.09 bits per heavy atom. The molecular formula is C18H16N2OS. The number of carbonyl (C=O) groups excluding carboxylic acids is 1. The lowest BCUT2D eigenvalue weighted by atomic mass is 9.96. The molecule has 0 saturated heterocycles. The van der Waals surface area contributed by atoms with E-state index in [-0.39, 0.29) is 5.91 Å². The van der Waals surface area contributed by atoms with Crippen LogP contribution in [0.2, 0.25) is 0 Å². The van der Waals surface area contributed by atoms with Gasteiger partial charge in [-0.3, -0.25) is 4.79 Å². The predicted molar refractivity (Wildman–Crippen MR) is 92.1 cm³/mol. The minimum Gasteiger partial charge on any atom is -0.301 e. The standard InChI is InChI=1S/C18H16N2OS/c1-18(2,3)16(21)20-17-19-14-11-8-4-6-10-7-5-9-12(13(10)11)15(14)22-17/h4-9H,1-3H3,(H,19,20,21). The third-order valence-corrected chi connectivity index (χ3v) is 4.94. The van der Waals surface area contributed by atoms with E-state index in [0.29, 0.717) is 5.13 Å². The Morgan fingerprint density at radius 3 is 2.45 bits per heavy atom. The van der Waals surface area contributed by atoms with Gasteiger partial charge in [0.25, 0.3) is 0 Å². The van der Waals surface area contributed by atoms with Gasteiger partial charge in [0, 0.05) is 16.5 Å². The van der Waals surface area contributed by atoms with E-state index in [2.05, 4.69) is 46.7 Å². The van der Waals surface area contributed by atoms with Crippen molar-refractivity contribution in [2.75, 3.05) is 5.32 Å². The maximum atomic E-state index is 12.2. The lowest BCUT2D eigenvalue weighted by Gasteiger charge is -2.16. The SMILES string of the molecule is CC(C)(C)C(=O)Nc1nc2c(s1)-c1cccc3cccc-2c13. The van der Waals surface area contributed by atoms with Crippen LogP contribution in [0.5, 0.6) is 0 Å². The zero-order valence-electron chi connectivity index (χ0n) is 12.7. The fourth-order valence-corrected chi connectivity index (χ4v) is 3.76. The van der Waals surface area contributed by atoms with Crippen LogP contribution >= 0.6 is 11.3 Å². The second-order valence-corrected chi connectivity index (χ2v) is 7.61. The van der Waals surface area contributed by atoms with Crippen LogP contribution in [-0.2, 0) is 4.79 Å². The summed E-state index contributed by atoms with van der Waals surface area (Å²) in [7, 11) is 0. The van der Waals surface area contributed by atoms with Crippen LogP contribution in [0.25, 0.3) is 32.5 Å². The molecule has 1 aliphatic carbocycles. The van der Waals surface area contributed by atoms with Crippen molar-refractivity contribution in [1.29, 1.82) is 0 Å². The summed E-state index contributed by atoms with van der Waals surface area (Å²) in [6, 6.07) is 12.6. The molecular weight excluding hydrogens is 292 g/mol. The van der Waals surface area contributed by atoms with Crippen LogP contribution in [0.1, 0.15) is 20.8 Å². The van der Waals surface area contributed by atoms with Gasteiger partial charge in [-0.05, 0) is 10.8 Å². The third kappa shape index (κ3) is 1.87. The van der Waals surface area contributed by atoms with Gasteiger partial charge >= 0.3 is 0 Å². The second-order valence-electron chi connectivity index (χ2n) is 6.61. The van der Waals surface area contributed by atoms with Crippen molar-refractivity contribution in [3.63, 3.8) is 0 Å². The lowest BCUT2D eigenvalue weighted by molar-refractivity contribution is -0.123. The summed E-state index contributed by atoms with van der Waals surface area (Å²) in [5, 5.41) is 6.13. The highest BCUT2D eigenvalue weighted by atomic mass is 32.1. The summed E-state index contributed by atoms with van der Waals surface area (Å²) in [5.74, 6) is -0.00795. The first kappa shape index (κ1) is 13.5. The van der Waals surface area contributed by atoms with E-state index in [0.717, 1.165) is 16.1 Å². The van der Waals surface area contributed by atoms with Gasteiger partial charge < -0.3 is 5.32 Å². The van der Waals surface area contributed by atoms with Crippen LogP contribution in [0.4, 0.5) is 5.13 Å². The Kier molecular flexibility index (Phi) is 2.69. The second kappa shape index (κ2) is 4.40. The van der Waals surface area contributed by atoms with Gasteiger partial charge in [-0.15, -0.1) is 0 Å². The maximum Gasteiger partial charge on any atom is 0.231 e. The molecule has 0 fully saturated rings. The first-order valence-corrected chi connectivity index (χ1v) is 8.11. The van der Waals surface area contributed by atoms with E-state index in [1.807, 2.05) is 20.8 Å².